The molecule has 1 aromatic heterocycles. The zero-order chi connectivity index (χ0) is 11.5. The Kier molecular flexibility index (Phi) is 2.77. The fourth-order valence-electron chi connectivity index (χ4n) is 1.75. The summed E-state index contributed by atoms with van der Waals surface area (Å²) in [6.07, 6.45) is 3.65. The number of carboxylic acid groups (broad SMARTS) is 1. The summed E-state index contributed by atoms with van der Waals surface area (Å²) in [4.78, 5) is 11.1. The molecule has 3 nitrogen and oxygen atoms in total. The Morgan fingerprint density at radius 3 is 3.00 bits per heavy atom. The van der Waals surface area contributed by atoms with Crippen molar-refractivity contribution in [1.29, 1.82) is 0 Å². The molecule has 0 amide bonds. The summed E-state index contributed by atoms with van der Waals surface area (Å²) >= 11 is 0. The SMILES string of the molecule is C=CCC(C(=O)O)c1ccc2occc2c1. The molecule has 1 unspecified atom stereocenters. The predicted octanol–water partition coefficient (Wildman–Crippen LogP) is 3.18. The van der Waals surface area contributed by atoms with Crippen molar-refractivity contribution in [3.05, 3.63) is 48.7 Å². The number of carbonyl (C=O) groups is 1. The van der Waals surface area contributed by atoms with E-state index >= 15 is 0 Å². The summed E-state index contributed by atoms with van der Waals surface area (Å²) in [6, 6.07) is 7.25. The van der Waals surface area contributed by atoms with Gasteiger partial charge in [0.05, 0.1) is 12.2 Å². The molecule has 0 aliphatic rings. The second kappa shape index (κ2) is 4.23. The molecule has 0 bridgehead atoms. The van der Waals surface area contributed by atoms with E-state index in [1.165, 1.54) is 0 Å². The summed E-state index contributed by atoms with van der Waals surface area (Å²) in [5, 5.41) is 10.0. The van der Waals surface area contributed by atoms with E-state index in [1.807, 2.05) is 12.1 Å². The van der Waals surface area contributed by atoms with E-state index in [9.17, 15) is 4.79 Å². The lowest BCUT2D eigenvalue weighted by atomic mass is 9.95. The minimum absolute atomic E-state index is 0.429. The van der Waals surface area contributed by atoms with E-state index in [2.05, 4.69) is 6.58 Å². The highest BCUT2D eigenvalue weighted by molar-refractivity contribution is 5.82. The highest BCUT2D eigenvalue weighted by Gasteiger charge is 2.18. The molecule has 0 spiro atoms. The quantitative estimate of drug-likeness (QED) is 0.798. The Labute approximate surface area is 93.0 Å². The molecule has 0 aliphatic heterocycles. The van der Waals surface area contributed by atoms with Crippen LogP contribution < -0.4 is 0 Å². The second-order valence-electron chi connectivity index (χ2n) is 3.63. The van der Waals surface area contributed by atoms with Crippen LogP contribution >= 0.6 is 0 Å². The summed E-state index contributed by atoms with van der Waals surface area (Å²) in [5.74, 6) is -1.36. The third-order valence-electron chi connectivity index (χ3n) is 2.58. The molecule has 82 valence electrons. The van der Waals surface area contributed by atoms with Gasteiger partial charge >= 0.3 is 5.97 Å². The molecule has 3 heteroatoms. The van der Waals surface area contributed by atoms with E-state index in [-0.39, 0.29) is 0 Å². The maximum absolute atomic E-state index is 11.1. The summed E-state index contributed by atoms with van der Waals surface area (Å²) in [5.41, 5.74) is 1.55. The molecule has 0 saturated carbocycles. The molecular formula is C13H12O3. The van der Waals surface area contributed by atoms with Gasteiger partial charge in [0.25, 0.3) is 0 Å². The first-order valence-corrected chi connectivity index (χ1v) is 5.03. The minimum atomic E-state index is -0.831. The van der Waals surface area contributed by atoms with E-state index in [1.54, 1.807) is 24.5 Å². The number of hydrogen-bond acceptors (Lipinski definition) is 2. The molecule has 1 N–H and O–H groups in total. The van der Waals surface area contributed by atoms with Crippen molar-refractivity contribution in [2.45, 2.75) is 12.3 Å². The van der Waals surface area contributed by atoms with Gasteiger partial charge in [-0.25, -0.2) is 0 Å². The molecule has 2 rings (SSSR count). The van der Waals surface area contributed by atoms with Crippen molar-refractivity contribution in [3.63, 3.8) is 0 Å². The van der Waals surface area contributed by atoms with Crippen molar-refractivity contribution in [1.82, 2.24) is 0 Å². The van der Waals surface area contributed by atoms with Crippen LogP contribution in [-0.4, -0.2) is 11.1 Å². The number of aliphatic carboxylic acids is 1. The normalized spacial score (nSPS) is 12.5. The van der Waals surface area contributed by atoms with Gasteiger partial charge in [-0.15, -0.1) is 6.58 Å². The van der Waals surface area contributed by atoms with Gasteiger partial charge in [0.1, 0.15) is 5.58 Å². The van der Waals surface area contributed by atoms with Gasteiger partial charge in [-0.3, -0.25) is 4.79 Å². The van der Waals surface area contributed by atoms with Crippen LogP contribution in [0.15, 0.2) is 47.6 Å². The zero-order valence-electron chi connectivity index (χ0n) is 8.72. The van der Waals surface area contributed by atoms with Gasteiger partial charge in [0.15, 0.2) is 0 Å². The van der Waals surface area contributed by atoms with E-state index in [4.69, 9.17) is 9.52 Å². The standard InChI is InChI=1S/C13H12O3/c1-2-3-11(13(14)15)9-4-5-12-10(8-9)6-7-16-12/h2,4-8,11H,1,3H2,(H,14,15). The first-order chi connectivity index (χ1) is 7.72. The fraction of sp³-hybridized carbons (Fsp3) is 0.154. The van der Waals surface area contributed by atoms with Crippen LogP contribution in [0, 0.1) is 0 Å². The average Bonchev–Trinajstić information content (AvgIpc) is 2.72. The lowest BCUT2D eigenvalue weighted by molar-refractivity contribution is -0.138. The highest BCUT2D eigenvalue weighted by Crippen LogP contribution is 2.25. The average molecular weight is 216 g/mol. The van der Waals surface area contributed by atoms with Crippen LogP contribution in [0.25, 0.3) is 11.0 Å². The van der Waals surface area contributed by atoms with Crippen LogP contribution in [-0.2, 0) is 4.79 Å². The van der Waals surface area contributed by atoms with Crippen molar-refractivity contribution in [3.8, 4) is 0 Å². The van der Waals surface area contributed by atoms with Gasteiger partial charge in [-0.2, -0.15) is 0 Å². The monoisotopic (exact) mass is 216 g/mol. The molecule has 0 saturated heterocycles. The topological polar surface area (TPSA) is 50.4 Å². The van der Waals surface area contributed by atoms with Crippen LogP contribution in [0.1, 0.15) is 17.9 Å². The van der Waals surface area contributed by atoms with E-state index in [0.29, 0.717) is 6.42 Å². The lowest BCUT2D eigenvalue weighted by Gasteiger charge is -2.09. The molecule has 1 atom stereocenters. The summed E-state index contributed by atoms with van der Waals surface area (Å²) in [7, 11) is 0. The van der Waals surface area contributed by atoms with Crippen LogP contribution in [0.5, 0.6) is 0 Å². The first kappa shape index (κ1) is 10.5. The first-order valence-electron chi connectivity index (χ1n) is 5.03. The van der Waals surface area contributed by atoms with Gasteiger partial charge in [-0.1, -0.05) is 12.1 Å². The maximum atomic E-state index is 11.1. The smallest absolute Gasteiger partial charge is 0.311 e. The molecular weight excluding hydrogens is 204 g/mol. The largest absolute Gasteiger partial charge is 0.481 e. The molecule has 16 heavy (non-hydrogen) atoms. The van der Waals surface area contributed by atoms with Crippen molar-refractivity contribution >= 4 is 16.9 Å². The van der Waals surface area contributed by atoms with Crippen molar-refractivity contribution in [2.24, 2.45) is 0 Å². The molecule has 0 aliphatic carbocycles. The Morgan fingerprint density at radius 2 is 2.31 bits per heavy atom. The number of allylic oxidation sites excluding steroid dienone is 1. The molecule has 0 radical (unpaired) electrons. The molecule has 1 heterocycles. The minimum Gasteiger partial charge on any atom is -0.481 e. The van der Waals surface area contributed by atoms with Gasteiger partial charge in [-0.05, 0) is 30.2 Å². The van der Waals surface area contributed by atoms with E-state index in [0.717, 1.165) is 16.5 Å². The van der Waals surface area contributed by atoms with Crippen LogP contribution in [0.4, 0.5) is 0 Å². The van der Waals surface area contributed by atoms with Gasteiger partial charge in [0, 0.05) is 5.39 Å². The number of rotatable bonds is 4. The Morgan fingerprint density at radius 1 is 1.50 bits per heavy atom. The van der Waals surface area contributed by atoms with Crippen LogP contribution in [0.3, 0.4) is 0 Å². The molecule has 1 aromatic carbocycles. The van der Waals surface area contributed by atoms with Gasteiger partial charge < -0.3 is 9.52 Å². The Balaban J connectivity index is 2.43. The summed E-state index contributed by atoms with van der Waals surface area (Å²) in [6.45, 7) is 3.58. The third kappa shape index (κ3) is 1.84. The second-order valence-corrected chi connectivity index (χ2v) is 3.63. The van der Waals surface area contributed by atoms with Crippen LogP contribution in [0.2, 0.25) is 0 Å². The number of fused-ring (bicyclic) bond motifs is 1. The lowest BCUT2D eigenvalue weighted by Crippen LogP contribution is -2.10. The molecule has 2 aromatic rings. The van der Waals surface area contributed by atoms with E-state index < -0.39 is 11.9 Å². The van der Waals surface area contributed by atoms with Crippen molar-refractivity contribution in [2.75, 3.05) is 0 Å². The number of furan rings is 1. The van der Waals surface area contributed by atoms with Crippen molar-refractivity contribution < 1.29 is 14.3 Å². The van der Waals surface area contributed by atoms with Gasteiger partial charge in [0.2, 0.25) is 0 Å². The maximum Gasteiger partial charge on any atom is 0.311 e. The Hall–Kier alpha value is -2.03. The predicted molar refractivity (Wildman–Crippen MR) is 61.4 cm³/mol. The zero-order valence-corrected chi connectivity index (χ0v) is 8.72. The highest BCUT2D eigenvalue weighted by atomic mass is 16.4. The summed E-state index contributed by atoms with van der Waals surface area (Å²) < 4.78 is 5.21. The third-order valence-corrected chi connectivity index (χ3v) is 2.58. The fourth-order valence-corrected chi connectivity index (χ4v) is 1.75. The number of benzene rings is 1. The number of hydrogen-bond donors (Lipinski definition) is 1. The Bertz CT molecular complexity index is 525. The molecule has 0 fully saturated rings. The number of carboxylic acids is 1.